The Morgan fingerprint density at radius 2 is 1.86 bits per heavy atom. The highest BCUT2D eigenvalue weighted by atomic mass is 19.4. The summed E-state index contributed by atoms with van der Waals surface area (Å²) in [6, 6.07) is 4.86. The van der Waals surface area contributed by atoms with Gasteiger partial charge in [0.05, 0.1) is 11.6 Å². The number of carbonyl (C=O) groups excluding carboxylic acids is 1. The smallest absolute Gasteiger partial charge is 0.391 e. The van der Waals surface area contributed by atoms with Gasteiger partial charge in [0.2, 0.25) is 5.91 Å². The molecule has 116 valence electrons. The van der Waals surface area contributed by atoms with Gasteiger partial charge in [0.15, 0.2) is 0 Å². The number of hydrogen-bond donors (Lipinski definition) is 2. The van der Waals surface area contributed by atoms with Crippen molar-refractivity contribution in [1.29, 1.82) is 0 Å². The van der Waals surface area contributed by atoms with Gasteiger partial charge in [0, 0.05) is 5.92 Å². The topological polar surface area (TPSA) is 49.3 Å². The van der Waals surface area contributed by atoms with E-state index in [2.05, 4.69) is 5.32 Å². The van der Waals surface area contributed by atoms with Crippen LogP contribution in [0.15, 0.2) is 18.2 Å². The number of rotatable bonds is 2. The van der Waals surface area contributed by atoms with Crippen molar-refractivity contribution in [3.8, 4) is 5.75 Å². The van der Waals surface area contributed by atoms with Crippen LogP contribution in [0, 0.1) is 18.8 Å². The van der Waals surface area contributed by atoms with Crippen molar-refractivity contribution < 1.29 is 23.1 Å². The van der Waals surface area contributed by atoms with Crippen molar-refractivity contribution in [1.82, 2.24) is 0 Å². The van der Waals surface area contributed by atoms with Crippen molar-refractivity contribution >= 4 is 11.6 Å². The first-order chi connectivity index (χ1) is 9.77. The number of aryl methyl sites for hydroxylation is 1. The predicted molar refractivity (Wildman–Crippen MR) is 73.0 cm³/mol. The minimum atomic E-state index is -4.17. The molecule has 1 saturated carbocycles. The molecule has 0 heterocycles. The third-order valence-electron chi connectivity index (χ3n) is 3.97. The Bertz CT molecular complexity index is 520. The number of halogens is 3. The van der Waals surface area contributed by atoms with Gasteiger partial charge in [0.1, 0.15) is 5.75 Å². The van der Waals surface area contributed by atoms with E-state index in [1.54, 1.807) is 12.1 Å². The first kappa shape index (κ1) is 15.7. The fraction of sp³-hybridized carbons (Fsp3) is 0.533. The molecule has 1 aliphatic rings. The van der Waals surface area contributed by atoms with E-state index >= 15 is 0 Å². The molecule has 1 aliphatic carbocycles. The van der Waals surface area contributed by atoms with E-state index in [-0.39, 0.29) is 37.3 Å². The van der Waals surface area contributed by atoms with Crippen molar-refractivity contribution in [2.24, 2.45) is 11.8 Å². The van der Waals surface area contributed by atoms with E-state index in [1.165, 1.54) is 6.07 Å². The van der Waals surface area contributed by atoms with E-state index in [9.17, 15) is 23.1 Å². The standard InChI is InChI=1S/C15H18F3NO2/c1-9-2-7-12(13(20)8-9)19-14(21)10-3-5-11(6-4-10)15(16,17)18/h2,7-8,10-11,20H,3-6H2,1H3,(H,19,21). The van der Waals surface area contributed by atoms with Crippen LogP contribution in [0.2, 0.25) is 0 Å². The van der Waals surface area contributed by atoms with Gasteiger partial charge in [-0.2, -0.15) is 13.2 Å². The summed E-state index contributed by atoms with van der Waals surface area (Å²) in [4.78, 5) is 12.1. The van der Waals surface area contributed by atoms with E-state index in [0.29, 0.717) is 5.69 Å². The van der Waals surface area contributed by atoms with Gasteiger partial charge in [-0.1, -0.05) is 6.07 Å². The summed E-state index contributed by atoms with van der Waals surface area (Å²) in [6.45, 7) is 1.81. The molecule has 1 fully saturated rings. The molecule has 6 heteroatoms. The first-order valence-corrected chi connectivity index (χ1v) is 6.94. The maximum atomic E-state index is 12.6. The quantitative estimate of drug-likeness (QED) is 0.811. The van der Waals surface area contributed by atoms with Crippen LogP contribution in [0.4, 0.5) is 18.9 Å². The lowest BCUT2D eigenvalue weighted by atomic mass is 9.81. The summed E-state index contributed by atoms with van der Waals surface area (Å²) >= 11 is 0. The molecule has 0 saturated heterocycles. The Kier molecular flexibility index (Phi) is 4.44. The van der Waals surface area contributed by atoms with E-state index in [0.717, 1.165) is 5.56 Å². The predicted octanol–water partition coefficient (Wildman–Crippen LogP) is 4.01. The highest BCUT2D eigenvalue weighted by Gasteiger charge is 2.42. The van der Waals surface area contributed by atoms with Gasteiger partial charge < -0.3 is 10.4 Å². The Labute approximate surface area is 121 Å². The van der Waals surface area contributed by atoms with E-state index in [4.69, 9.17) is 0 Å². The molecule has 3 nitrogen and oxygen atoms in total. The molecular formula is C15H18F3NO2. The van der Waals surface area contributed by atoms with Crippen molar-refractivity contribution in [2.75, 3.05) is 5.32 Å². The van der Waals surface area contributed by atoms with Crippen LogP contribution in [0.25, 0.3) is 0 Å². The number of anilines is 1. The first-order valence-electron chi connectivity index (χ1n) is 6.94. The third kappa shape index (κ3) is 3.89. The van der Waals surface area contributed by atoms with E-state index < -0.39 is 18.0 Å². The number of nitrogens with one attached hydrogen (secondary N) is 1. The van der Waals surface area contributed by atoms with Crippen LogP contribution < -0.4 is 5.32 Å². The average molecular weight is 301 g/mol. The lowest BCUT2D eigenvalue weighted by molar-refractivity contribution is -0.184. The molecule has 2 N–H and O–H groups in total. The molecule has 0 spiro atoms. The Morgan fingerprint density at radius 3 is 2.38 bits per heavy atom. The number of phenols is 1. The SMILES string of the molecule is Cc1ccc(NC(=O)C2CCC(C(F)(F)F)CC2)c(O)c1. The monoisotopic (exact) mass is 301 g/mol. The number of hydrogen-bond acceptors (Lipinski definition) is 2. The summed E-state index contributed by atoms with van der Waals surface area (Å²) < 4.78 is 37.7. The molecule has 0 aromatic heterocycles. The Hall–Kier alpha value is -1.72. The van der Waals surface area contributed by atoms with Gasteiger partial charge >= 0.3 is 6.18 Å². The van der Waals surface area contributed by atoms with Crippen LogP contribution in [-0.2, 0) is 4.79 Å². The minimum absolute atomic E-state index is 0.0124. The number of alkyl halides is 3. The second-order valence-corrected chi connectivity index (χ2v) is 5.60. The van der Waals surface area contributed by atoms with Gasteiger partial charge in [0.25, 0.3) is 0 Å². The molecule has 21 heavy (non-hydrogen) atoms. The van der Waals surface area contributed by atoms with E-state index in [1.807, 2.05) is 6.92 Å². The zero-order valence-electron chi connectivity index (χ0n) is 11.7. The van der Waals surface area contributed by atoms with Crippen LogP contribution >= 0.6 is 0 Å². The zero-order chi connectivity index (χ0) is 15.6. The Balaban J connectivity index is 1.93. The lowest BCUT2D eigenvalue weighted by Gasteiger charge is -2.29. The molecule has 2 rings (SSSR count). The van der Waals surface area contributed by atoms with Gasteiger partial charge in [-0.05, 0) is 50.3 Å². The normalized spacial score (nSPS) is 22.9. The molecule has 0 aliphatic heterocycles. The largest absolute Gasteiger partial charge is 0.506 e. The maximum Gasteiger partial charge on any atom is 0.391 e. The second-order valence-electron chi connectivity index (χ2n) is 5.60. The summed E-state index contributed by atoms with van der Waals surface area (Å²) in [7, 11) is 0. The molecule has 1 amide bonds. The summed E-state index contributed by atoms with van der Waals surface area (Å²) in [6.07, 6.45) is -3.75. The molecule has 1 aromatic carbocycles. The zero-order valence-corrected chi connectivity index (χ0v) is 11.7. The van der Waals surface area contributed by atoms with Crippen LogP contribution in [0.5, 0.6) is 5.75 Å². The van der Waals surface area contributed by atoms with Crippen LogP contribution in [-0.4, -0.2) is 17.2 Å². The molecule has 0 radical (unpaired) electrons. The summed E-state index contributed by atoms with van der Waals surface area (Å²) in [5, 5.41) is 12.3. The second kappa shape index (κ2) is 5.95. The lowest BCUT2D eigenvalue weighted by Crippen LogP contribution is -2.32. The fourth-order valence-electron chi connectivity index (χ4n) is 2.67. The number of benzene rings is 1. The van der Waals surface area contributed by atoms with Crippen molar-refractivity contribution in [3.63, 3.8) is 0 Å². The number of amides is 1. The number of aromatic hydroxyl groups is 1. The average Bonchev–Trinajstić information content (AvgIpc) is 2.41. The third-order valence-corrected chi connectivity index (χ3v) is 3.97. The van der Waals surface area contributed by atoms with Crippen LogP contribution in [0.1, 0.15) is 31.2 Å². The summed E-state index contributed by atoms with van der Waals surface area (Å²) in [5.41, 5.74) is 1.15. The maximum absolute atomic E-state index is 12.6. The number of phenolic OH excluding ortho intramolecular Hbond substituents is 1. The van der Waals surface area contributed by atoms with Gasteiger partial charge in [-0.15, -0.1) is 0 Å². The van der Waals surface area contributed by atoms with Gasteiger partial charge in [-0.25, -0.2) is 0 Å². The van der Waals surface area contributed by atoms with Crippen LogP contribution in [0.3, 0.4) is 0 Å². The Morgan fingerprint density at radius 1 is 1.24 bits per heavy atom. The molecule has 1 aromatic rings. The molecular weight excluding hydrogens is 283 g/mol. The number of carbonyl (C=O) groups is 1. The summed E-state index contributed by atoms with van der Waals surface area (Å²) in [5.74, 6) is -2.08. The molecule has 0 unspecified atom stereocenters. The molecule has 0 atom stereocenters. The van der Waals surface area contributed by atoms with Gasteiger partial charge in [-0.3, -0.25) is 4.79 Å². The highest BCUT2D eigenvalue weighted by molar-refractivity contribution is 5.93. The molecule has 0 bridgehead atoms. The highest BCUT2D eigenvalue weighted by Crippen LogP contribution is 2.40. The fourth-order valence-corrected chi connectivity index (χ4v) is 2.67. The van der Waals surface area contributed by atoms with Crippen molar-refractivity contribution in [2.45, 2.75) is 38.8 Å². The minimum Gasteiger partial charge on any atom is -0.506 e. The van der Waals surface area contributed by atoms with Crippen molar-refractivity contribution in [3.05, 3.63) is 23.8 Å².